The lowest BCUT2D eigenvalue weighted by Crippen LogP contribution is -2.24. The van der Waals surface area contributed by atoms with Crippen LogP contribution in [0.25, 0.3) is 0 Å². The molecule has 0 aliphatic rings. The van der Waals surface area contributed by atoms with Gasteiger partial charge in [-0.05, 0) is 15.9 Å². The van der Waals surface area contributed by atoms with Gasteiger partial charge in [-0.1, -0.05) is 0 Å². The predicted octanol–water partition coefficient (Wildman–Crippen LogP) is 2.03. The highest BCUT2D eigenvalue weighted by Crippen LogP contribution is 2.31. The zero-order chi connectivity index (χ0) is 13.3. The average Bonchev–Trinajstić information content (AvgIpc) is 2.29. The summed E-state index contributed by atoms with van der Waals surface area (Å²) in [6, 6.07) is 0. The first-order chi connectivity index (χ1) is 7.77. The van der Waals surface area contributed by atoms with Crippen molar-refractivity contribution in [1.82, 2.24) is 0 Å². The third-order valence-corrected chi connectivity index (χ3v) is 2.34. The molecule has 0 atom stereocenters. The Morgan fingerprint density at radius 1 is 1.00 bits per heavy atom. The van der Waals surface area contributed by atoms with E-state index in [1.54, 1.807) is 0 Å². The Balaban J connectivity index is 3.35. The monoisotopic (exact) mass is 315 g/mol. The summed E-state index contributed by atoms with van der Waals surface area (Å²) in [5.74, 6) is -11.3. The van der Waals surface area contributed by atoms with Crippen molar-refractivity contribution in [3.8, 4) is 0 Å². The number of aliphatic carboxylic acids is 1. The van der Waals surface area contributed by atoms with Crippen LogP contribution in [0.3, 0.4) is 0 Å². The summed E-state index contributed by atoms with van der Waals surface area (Å²) in [7, 11) is 0. The number of nitrogens with one attached hydrogen (secondary N) is 1. The van der Waals surface area contributed by atoms with E-state index in [4.69, 9.17) is 5.11 Å². The van der Waals surface area contributed by atoms with Crippen LogP contribution < -0.4 is 5.32 Å². The number of carboxylic acids is 1. The summed E-state index contributed by atoms with van der Waals surface area (Å²) in [6.45, 7) is 0. The molecule has 0 bridgehead atoms. The molecule has 0 heterocycles. The summed E-state index contributed by atoms with van der Waals surface area (Å²) >= 11 is 2.25. The van der Waals surface area contributed by atoms with Gasteiger partial charge >= 0.3 is 11.9 Å². The summed E-state index contributed by atoms with van der Waals surface area (Å²) in [4.78, 5) is 20.7. The van der Waals surface area contributed by atoms with Crippen molar-refractivity contribution < 1.29 is 32.3 Å². The lowest BCUT2D eigenvalue weighted by atomic mass is 10.2. The number of hydrogen-bond acceptors (Lipinski definition) is 2. The van der Waals surface area contributed by atoms with Crippen LogP contribution >= 0.6 is 15.9 Å². The van der Waals surface area contributed by atoms with Gasteiger partial charge in [0.25, 0.3) is 0 Å². The Morgan fingerprint density at radius 2 is 1.41 bits per heavy atom. The average molecular weight is 316 g/mol. The van der Waals surface area contributed by atoms with E-state index in [1.807, 2.05) is 0 Å². The third-order valence-electron chi connectivity index (χ3n) is 1.64. The largest absolute Gasteiger partial charge is 0.474 e. The molecule has 0 fully saturated rings. The Kier molecular flexibility index (Phi) is 3.71. The number of carbonyl (C=O) groups excluding carboxylic acids is 1. The number of benzene rings is 1. The second-order valence-corrected chi connectivity index (χ2v) is 3.50. The van der Waals surface area contributed by atoms with Crippen LogP contribution in [0.2, 0.25) is 0 Å². The van der Waals surface area contributed by atoms with Gasteiger partial charge in [0.1, 0.15) is 5.69 Å². The van der Waals surface area contributed by atoms with E-state index in [-0.39, 0.29) is 0 Å². The summed E-state index contributed by atoms with van der Waals surface area (Å²) < 4.78 is 51.0. The minimum Gasteiger partial charge on any atom is -0.474 e. The fourth-order valence-electron chi connectivity index (χ4n) is 0.882. The van der Waals surface area contributed by atoms with Crippen LogP contribution in [-0.4, -0.2) is 17.0 Å². The fraction of sp³-hybridized carbons (Fsp3) is 0. The van der Waals surface area contributed by atoms with E-state index in [0.717, 1.165) is 0 Å². The number of anilines is 1. The highest BCUT2D eigenvalue weighted by molar-refractivity contribution is 9.10. The first kappa shape index (κ1) is 13.4. The van der Waals surface area contributed by atoms with Gasteiger partial charge in [-0.25, -0.2) is 22.4 Å². The quantitative estimate of drug-likeness (QED) is 0.361. The summed E-state index contributed by atoms with van der Waals surface area (Å²) in [5.41, 5.74) is -1.50. The molecular weight excluding hydrogens is 314 g/mol. The molecule has 4 nitrogen and oxygen atoms in total. The molecule has 1 amide bonds. The van der Waals surface area contributed by atoms with Crippen LogP contribution in [0.1, 0.15) is 0 Å². The van der Waals surface area contributed by atoms with Gasteiger partial charge in [0, 0.05) is 0 Å². The molecule has 0 radical (unpaired) electrons. The van der Waals surface area contributed by atoms with Crippen molar-refractivity contribution in [2.45, 2.75) is 0 Å². The van der Waals surface area contributed by atoms with Gasteiger partial charge in [-0.3, -0.25) is 4.79 Å². The lowest BCUT2D eigenvalue weighted by Gasteiger charge is -2.08. The van der Waals surface area contributed by atoms with Crippen molar-refractivity contribution in [3.05, 3.63) is 27.7 Å². The molecule has 92 valence electrons. The SMILES string of the molecule is O=C(O)C(=O)Nc1c(F)c(F)c(Br)c(F)c1F. The minimum absolute atomic E-state index is 1.10. The molecule has 0 spiro atoms. The Labute approximate surface area is 99.4 Å². The molecule has 0 aliphatic carbocycles. The van der Waals surface area contributed by atoms with Gasteiger partial charge in [0.2, 0.25) is 0 Å². The Bertz CT molecular complexity index is 491. The normalized spacial score (nSPS) is 10.2. The highest BCUT2D eigenvalue weighted by atomic mass is 79.9. The van der Waals surface area contributed by atoms with E-state index in [2.05, 4.69) is 15.9 Å². The van der Waals surface area contributed by atoms with Crippen LogP contribution in [-0.2, 0) is 9.59 Å². The van der Waals surface area contributed by atoms with Crippen LogP contribution in [0.15, 0.2) is 4.47 Å². The third kappa shape index (κ3) is 2.38. The maximum Gasteiger partial charge on any atom is 0.394 e. The van der Waals surface area contributed by atoms with E-state index < -0.39 is 45.3 Å². The number of carboxylic acid groups (broad SMARTS) is 1. The molecule has 2 N–H and O–H groups in total. The van der Waals surface area contributed by atoms with Gasteiger partial charge in [-0.15, -0.1) is 0 Å². The van der Waals surface area contributed by atoms with E-state index in [9.17, 15) is 27.2 Å². The highest BCUT2D eigenvalue weighted by Gasteiger charge is 2.26. The molecule has 1 rings (SSSR count). The number of halogens is 5. The molecule has 0 saturated carbocycles. The van der Waals surface area contributed by atoms with Crippen molar-refractivity contribution in [1.29, 1.82) is 0 Å². The van der Waals surface area contributed by atoms with E-state index in [1.165, 1.54) is 5.32 Å². The predicted molar refractivity (Wildman–Crippen MR) is 50.2 cm³/mol. The van der Waals surface area contributed by atoms with Gasteiger partial charge < -0.3 is 10.4 Å². The van der Waals surface area contributed by atoms with Gasteiger partial charge in [-0.2, -0.15) is 0 Å². The number of amides is 1. The van der Waals surface area contributed by atoms with Crippen LogP contribution in [0.5, 0.6) is 0 Å². The van der Waals surface area contributed by atoms with Crippen LogP contribution in [0, 0.1) is 23.3 Å². The second kappa shape index (κ2) is 4.70. The van der Waals surface area contributed by atoms with Crippen molar-refractivity contribution in [2.24, 2.45) is 0 Å². The Morgan fingerprint density at radius 3 is 1.76 bits per heavy atom. The zero-order valence-electron chi connectivity index (χ0n) is 7.65. The molecule has 9 heteroatoms. The first-order valence-electron chi connectivity index (χ1n) is 3.83. The maximum atomic E-state index is 13.1. The topological polar surface area (TPSA) is 66.4 Å². The minimum atomic E-state index is -2.06. The van der Waals surface area contributed by atoms with Crippen molar-refractivity contribution in [2.75, 3.05) is 5.32 Å². The standard InChI is InChI=1S/C8H2BrF4NO3/c9-1-2(10)4(12)6(5(13)3(1)11)14-7(15)8(16)17/h(H,14,15)(H,16,17). The molecule has 1 aromatic rings. The number of hydrogen-bond donors (Lipinski definition) is 2. The number of carbonyl (C=O) groups is 2. The summed E-state index contributed by atoms with van der Waals surface area (Å²) in [5, 5.41) is 9.36. The van der Waals surface area contributed by atoms with Gasteiger partial charge in [0.15, 0.2) is 23.3 Å². The fourth-order valence-corrected chi connectivity index (χ4v) is 1.23. The van der Waals surface area contributed by atoms with Crippen LogP contribution in [0.4, 0.5) is 23.2 Å². The van der Waals surface area contributed by atoms with Crippen molar-refractivity contribution >= 4 is 33.5 Å². The second-order valence-electron chi connectivity index (χ2n) is 2.70. The molecule has 0 saturated heterocycles. The molecule has 0 aliphatic heterocycles. The molecule has 0 unspecified atom stereocenters. The molecule has 0 aromatic heterocycles. The molecule has 17 heavy (non-hydrogen) atoms. The number of rotatable bonds is 1. The first-order valence-corrected chi connectivity index (χ1v) is 4.62. The molecule has 1 aromatic carbocycles. The zero-order valence-corrected chi connectivity index (χ0v) is 9.24. The van der Waals surface area contributed by atoms with E-state index in [0.29, 0.717) is 0 Å². The van der Waals surface area contributed by atoms with Gasteiger partial charge in [0.05, 0.1) is 4.47 Å². The maximum absolute atomic E-state index is 13.1. The van der Waals surface area contributed by atoms with E-state index >= 15 is 0 Å². The lowest BCUT2D eigenvalue weighted by molar-refractivity contribution is -0.147. The molecular formula is C8H2BrF4NO3. The smallest absolute Gasteiger partial charge is 0.394 e. The summed E-state index contributed by atoms with van der Waals surface area (Å²) in [6.07, 6.45) is 0. The Hall–Kier alpha value is -1.64. The van der Waals surface area contributed by atoms with Crippen molar-refractivity contribution in [3.63, 3.8) is 0 Å².